The molecule has 1 unspecified atom stereocenters. The van der Waals surface area contributed by atoms with Gasteiger partial charge in [-0.15, -0.1) is 16.4 Å². The van der Waals surface area contributed by atoms with Crippen LogP contribution in [0.1, 0.15) is 36.5 Å². The van der Waals surface area contributed by atoms with E-state index in [4.69, 9.17) is 0 Å². The summed E-state index contributed by atoms with van der Waals surface area (Å²) in [4.78, 5) is 42.5. The highest BCUT2D eigenvalue weighted by molar-refractivity contribution is 7.13. The van der Waals surface area contributed by atoms with Crippen LogP contribution in [-0.2, 0) is 11.2 Å². The molecule has 0 aliphatic carbocycles. The predicted octanol–water partition coefficient (Wildman–Crippen LogP) is 2.43. The summed E-state index contributed by atoms with van der Waals surface area (Å²) in [5.41, 5.74) is 0.921. The van der Waals surface area contributed by atoms with Crippen LogP contribution in [0.3, 0.4) is 0 Å². The highest BCUT2D eigenvalue weighted by atomic mass is 32.1. The van der Waals surface area contributed by atoms with Crippen molar-refractivity contribution in [1.29, 1.82) is 0 Å². The Hall–Kier alpha value is -3.20. The number of thiophene rings is 1. The molecule has 3 N–H and O–H groups in total. The van der Waals surface area contributed by atoms with Crippen LogP contribution >= 0.6 is 11.3 Å². The summed E-state index contributed by atoms with van der Waals surface area (Å²) in [5, 5.41) is 11.0. The number of aromatic nitrogens is 3. The van der Waals surface area contributed by atoms with Gasteiger partial charge in [0, 0.05) is 24.0 Å². The van der Waals surface area contributed by atoms with Gasteiger partial charge in [0.2, 0.25) is 11.7 Å². The summed E-state index contributed by atoms with van der Waals surface area (Å²) in [7, 11) is 0. The minimum absolute atomic E-state index is 0.00183. The molecule has 1 aliphatic rings. The average Bonchev–Trinajstić information content (AvgIpc) is 3.49. The number of amides is 2. The molecule has 0 spiro atoms. The number of nitrogens with zero attached hydrogens (tertiary/aromatic N) is 2. The third-order valence-corrected chi connectivity index (χ3v) is 6.47. The number of hydrogen-bond donors (Lipinski definition) is 3. The van der Waals surface area contributed by atoms with Crippen LogP contribution < -0.4 is 11.0 Å². The van der Waals surface area contributed by atoms with E-state index >= 15 is 0 Å². The van der Waals surface area contributed by atoms with Crippen LogP contribution in [0.4, 0.5) is 0 Å². The fraction of sp³-hybridized carbons (Fsp3) is 0.364. The van der Waals surface area contributed by atoms with E-state index < -0.39 is 11.1 Å². The smallest absolute Gasteiger partial charge is 0.341 e. The fourth-order valence-electron chi connectivity index (χ4n) is 4.01. The highest BCUT2D eigenvalue weighted by Crippen LogP contribution is 2.36. The lowest BCUT2D eigenvalue weighted by molar-refractivity contribution is -0.130. The Labute approximate surface area is 183 Å². The zero-order chi connectivity index (χ0) is 22.0. The molecule has 9 heteroatoms. The summed E-state index contributed by atoms with van der Waals surface area (Å²) < 4.78 is 0. The summed E-state index contributed by atoms with van der Waals surface area (Å²) >= 11 is 1.69. The second-order valence-corrected chi connectivity index (χ2v) is 9.21. The van der Waals surface area contributed by atoms with Gasteiger partial charge in [0.1, 0.15) is 0 Å². The third-order valence-electron chi connectivity index (χ3n) is 5.55. The molecule has 1 saturated heterocycles. The molecular formula is C22H25N5O3S. The van der Waals surface area contributed by atoms with Crippen molar-refractivity contribution in [3.05, 3.63) is 63.7 Å². The third kappa shape index (κ3) is 4.46. The Bertz CT molecular complexity index is 1120. The van der Waals surface area contributed by atoms with Gasteiger partial charge in [-0.1, -0.05) is 30.3 Å². The van der Waals surface area contributed by atoms with Gasteiger partial charge in [-0.2, -0.15) is 0 Å². The Morgan fingerprint density at radius 2 is 2.03 bits per heavy atom. The zero-order valence-corrected chi connectivity index (χ0v) is 18.3. The predicted molar refractivity (Wildman–Crippen MR) is 119 cm³/mol. The molecule has 1 fully saturated rings. The molecule has 1 atom stereocenters. The first-order valence-electron chi connectivity index (χ1n) is 10.2. The fourth-order valence-corrected chi connectivity index (χ4v) is 4.75. The molecule has 3 heterocycles. The molecule has 0 radical (unpaired) electrons. The first-order valence-corrected chi connectivity index (χ1v) is 11.1. The van der Waals surface area contributed by atoms with Crippen molar-refractivity contribution in [2.45, 2.75) is 32.7 Å². The maximum absolute atomic E-state index is 13.2. The number of likely N-dealkylation sites (tertiary alicyclic amines) is 1. The SMILES string of the molecule is CC(C)NC(=O)C1(Cc2ccc(-c3cccs3)cc2)CCN(C(=O)c2n[nH]c(=O)[nH]2)C1. The van der Waals surface area contributed by atoms with E-state index in [2.05, 4.69) is 50.8 Å². The van der Waals surface area contributed by atoms with Crippen LogP contribution in [0, 0.1) is 5.41 Å². The molecule has 4 rings (SSSR count). The molecule has 3 aromatic rings. The summed E-state index contributed by atoms with van der Waals surface area (Å²) in [6.07, 6.45) is 1.07. The van der Waals surface area contributed by atoms with Crippen molar-refractivity contribution >= 4 is 23.2 Å². The number of carbonyl (C=O) groups excluding carboxylic acids is 2. The average molecular weight is 440 g/mol. The molecule has 1 aliphatic heterocycles. The second-order valence-electron chi connectivity index (χ2n) is 8.26. The van der Waals surface area contributed by atoms with Gasteiger partial charge in [-0.25, -0.2) is 9.89 Å². The standard InChI is InChI=1S/C22H25N5O3S/c1-14(2)23-20(29)22(9-10-27(13-22)19(28)18-24-21(30)26-25-18)12-15-5-7-16(8-6-15)17-4-3-11-31-17/h3-8,11,14H,9-10,12-13H2,1-2H3,(H,23,29)(H2,24,25,26,30). The number of rotatable bonds is 6. The second kappa shape index (κ2) is 8.50. The number of carbonyl (C=O) groups is 2. The number of nitrogens with one attached hydrogen (secondary N) is 3. The Morgan fingerprint density at radius 3 is 2.65 bits per heavy atom. The lowest BCUT2D eigenvalue weighted by atomic mass is 9.79. The maximum Gasteiger partial charge on any atom is 0.341 e. The van der Waals surface area contributed by atoms with Crippen molar-refractivity contribution in [2.75, 3.05) is 13.1 Å². The normalized spacial score (nSPS) is 18.5. The van der Waals surface area contributed by atoms with Crippen molar-refractivity contribution in [2.24, 2.45) is 5.41 Å². The largest absolute Gasteiger partial charge is 0.353 e. The van der Waals surface area contributed by atoms with E-state index in [0.29, 0.717) is 19.4 Å². The number of aromatic amines is 2. The molecule has 0 bridgehead atoms. The van der Waals surface area contributed by atoms with E-state index in [0.717, 1.165) is 11.1 Å². The van der Waals surface area contributed by atoms with Gasteiger partial charge in [0.25, 0.3) is 5.91 Å². The molecule has 0 saturated carbocycles. The van der Waals surface area contributed by atoms with Crippen LogP contribution in [0.2, 0.25) is 0 Å². The van der Waals surface area contributed by atoms with Gasteiger partial charge < -0.3 is 10.2 Å². The number of hydrogen-bond acceptors (Lipinski definition) is 5. The van der Waals surface area contributed by atoms with Crippen molar-refractivity contribution < 1.29 is 9.59 Å². The number of H-pyrrole nitrogens is 2. The quantitative estimate of drug-likeness (QED) is 0.548. The van der Waals surface area contributed by atoms with Gasteiger partial charge >= 0.3 is 5.69 Å². The highest BCUT2D eigenvalue weighted by Gasteiger charge is 2.46. The molecule has 31 heavy (non-hydrogen) atoms. The van der Waals surface area contributed by atoms with Gasteiger partial charge in [-0.05, 0) is 49.3 Å². The maximum atomic E-state index is 13.2. The Morgan fingerprint density at radius 1 is 1.26 bits per heavy atom. The van der Waals surface area contributed by atoms with Crippen molar-refractivity contribution in [3.63, 3.8) is 0 Å². The first kappa shape index (κ1) is 21.0. The summed E-state index contributed by atoms with van der Waals surface area (Å²) in [5.74, 6) is -0.480. The lowest BCUT2D eigenvalue weighted by Gasteiger charge is -2.29. The van der Waals surface area contributed by atoms with E-state index in [1.807, 2.05) is 25.3 Å². The van der Waals surface area contributed by atoms with Crippen LogP contribution in [-0.4, -0.2) is 51.0 Å². The van der Waals surface area contributed by atoms with E-state index in [-0.39, 0.29) is 30.2 Å². The molecule has 2 amide bonds. The van der Waals surface area contributed by atoms with Crippen molar-refractivity contribution in [1.82, 2.24) is 25.4 Å². The lowest BCUT2D eigenvalue weighted by Crippen LogP contribution is -2.47. The summed E-state index contributed by atoms with van der Waals surface area (Å²) in [6, 6.07) is 12.3. The molecule has 162 valence electrons. The minimum atomic E-state index is -0.735. The molecule has 2 aromatic heterocycles. The van der Waals surface area contributed by atoms with E-state index in [1.54, 1.807) is 16.2 Å². The van der Waals surface area contributed by atoms with E-state index in [9.17, 15) is 14.4 Å². The molecule has 8 nitrogen and oxygen atoms in total. The Kier molecular flexibility index (Phi) is 5.77. The topological polar surface area (TPSA) is 111 Å². The van der Waals surface area contributed by atoms with Crippen LogP contribution in [0.25, 0.3) is 10.4 Å². The van der Waals surface area contributed by atoms with Gasteiger partial charge in [-0.3, -0.25) is 14.6 Å². The minimum Gasteiger partial charge on any atom is -0.353 e. The van der Waals surface area contributed by atoms with Crippen molar-refractivity contribution in [3.8, 4) is 10.4 Å². The first-order chi connectivity index (χ1) is 14.9. The zero-order valence-electron chi connectivity index (χ0n) is 17.5. The Balaban J connectivity index is 1.56. The van der Waals surface area contributed by atoms with Crippen LogP contribution in [0.5, 0.6) is 0 Å². The summed E-state index contributed by atoms with van der Waals surface area (Å²) in [6.45, 7) is 4.54. The molecule has 1 aromatic carbocycles. The van der Waals surface area contributed by atoms with E-state index in [1.165, 1.54) is 4.88 Å². The van der Waals surface area contributed by atoms with Crippen LogP contribution in [0.15, 0.2) is 46.6 Å². The molecular weight excluding hydrogens is 414 g/mol. The van der Waals surface area contributed by atoms with Gasteiger partial charge in [0.15, 0.2) is 0 Å². The van der Waals surface area contributed by atoms with Gasteiger partial charge in [0.05, 0.1) is 5.41 Å². The monoisotopic (exact) mass is 439 g/mol. The number of benzene rings is 1.